The highest BCUT2D eigenvalue weighted by atomic mass is 16.3. The van der Waals surface area contributed by atoms with Gasteiger partial charge >= 0.3 is 0 Å². The molecule has 0 atom stereocenters. The van der Waals surface area contributed by atoms with Crippen LogP contribution in [0.15, 0.2) is 150 Å². The molecule has 3 aromatic heterocycles. The second-order valence-electron chi connectivity index (χ2n) is 10.3. The highest BCUT2D eigenvalue weighted by Crippen LogP contribution is 2.37. The van der Waals surface area contributed by atoms with Crippen LogP contribution in [0.2, 0.25) is 0 Å². The van der Waals surface area contributed by atoms with E-state index in [1.54, 1.807) is 0 Å². The summed E-state index contributed by atoms with van der Waals surface area (Å²) in [5.41, 5.74) is 8.70. The molecule has 0 unspecified atom stereocenters. The van der Waals surface area contributed by atoms with Gasteiger partial charge in [-0.15, -0.1) is 0 Å². The summed E-state index contributed by atoms with van der Waals surface area (Å²) in [4.78, 5) is 20.0. The molecule has 202 valence electrons. The topological polar surface area (TPSA) is 64.7 Å². The number of fused-ring (bicyclic) bond motifs is 3. The molecule has 0 N–H and O–H groups in total. The summed E-state index contributed by atoms with van der Waals surface area (Å²) in [5, 5.41) is 1.86. The van der Waals surface area contributed by atoms with Crippen LogP contribution in [-0.4, -0.2) is 19.9 Å². The zero-order valence-electron chi connectivity index (χ0n) is 23.1. The zero-order chi connectivity index (χ0) is 28.6. The number of para-hydroxylation sites is 1. The fourth-order valence-corrected chi connectivity index (χ4v) is 5.44. The Morgan fingerprint density at radius 3 is 1.60 bits per heavy atom. The van der Waals surface area contributed by atoms with Gasteiger partial charge in [0.15, 0.2) is 11.6 Å². The van der Waals surface area contributed by atoms with Gasteiger partial charge in [0.25, 0.3) is 0 Å². The molecule has 0 aliphatic heterocycles. The summed E-state index contributed by atoms with van der Waals surface area (Å²) in [6, 6.07) is 48.7. The van der Waals surface area contributed by atoms with Gasteiger partial charge in [0.05, 0.1) is 22.5 Å². The van der Waals surface area contributed by atoms with Gasteiger partial charge < -0.3 is 4.42 Å². The molecule has 0 amide bonds. The normalized spacial score (nSPS) is 11.3. The van der Waals surface area contributed by atoms with E-state index in [1.165, 1.54) is 0 Å². The van der Waals surface area contributed by atoms with Crippen LogP contribution in [0.1, 0.15) is 0 Å². The first-order chi connectivity index (χ1) is 21.3. The summed E-state index contributed by atoms with van der Waals surface area (Å²) in [6.07, 6.45) is 0. The molecule has 8 aromatic rings. The summed E-state index contributed by atoms with van der Waals surface area (Å²) in [7, 11) is 0. The maximum Gasteiger partial charge on any atom is 0.231 e. The lowest BCUT2D eigenvalue weighted by molar-refractivity contribution is 0.653. The first kappa shape index (κ1) is 24.8. The van der Waals surface area contributed by atoms with E-state index in [2.05, 4.69) is 48.5 Å². The van der Waals surface area contributed by atoms with Crippen LogP contribution in [0.25, 0.3) is 78.6 Å². The predicted octanol–water partition coefficient (Wildman–Crippen LogP) is 9.50. The minimum absolute atomic E-state index is 0.559. The predicted molar refractivity (Wildman–Crippen MR) is 172 cm³/mol. The molecule has 5 heteroatoms. The quantitative estimate of drug-likeness (QED) is 0.213. The van der Waals surface area contributed by atoms with Crippen LogP contribution >= 0.6 is 0 Å². The Morgan fingerprint density at radius 1 is 0.395 bits per heavy atom. The molecule has 0 aliphatic carbocycles. The van der Waals surface area contributed by atoms with Crippen LogP contribution < -0.4 is 0 Å². The average Bonchev–Trinajstić information content (AvgIpc) is 3.47. The van der Waals surface area contributed by atoms with Crippen molar-refractivity contribution in [3.05, 3.63) is 146 Å². The molecule has 0 aliphatic rings. The molecule has 0 saturated heterocycles. The molecule has 3 heterocycles. The van der Waals surface area contributed by atoms with E-state index in [0.29, 0.717) is 17.4 Å². The molecule has 8 rings (SSSR count). The summed E-state index contributed by atoms with van der Waals surface area (Å²) in [5.74, 6) is 1.26. The van der Waals surface area contributed by atoms with Gasteiger partial charge in [-0.25, -0.2) is 15.0 Å². The van der Waals surface area contributed by atoms with Crippen molar-refractivity contribution in [1.82, 2.24) is 19.9 Å². The van der Waals surface area contributed by atoms with E-state index in [-0.39, 0.29) is 0 Å². The van der Waals surface area contributed by atoms with E-state index in [9.17, 15) is 0 Å². The van der Waals surface area contributed by atoms with Crippen molar-refractivity contribution in [3.63, 3.8) is 0 Å². The maximum absolute atomic E-state index is 6.25. The number of benzene rings is 5. The number of aromatic nitrogens is 4. The molecule has 5 aromatic carbocycles. The Balaban J connectivity index is 1.34. The van der Waals surface area contributed by atoms with Gasteiger partial charge in [0.1, 0.15) is 5.58 Å². The Morgan fingerprint density at radius 2 is 0.930 bits per heavy atom. The highest BCUT2D eigenvalue weighted by Gasteiger charge is 2.19. The lowest BCUT2D eigenvalue weighted by Gasteiger charge is -2.11. The number of rotatable bonds is 5. The first-order valence-electron chi connectivity index (χ1n) is 14.2. The van der Waals surface area contributed by atoms with Gasteiger partial charge in [-0.2, -0.15) is 4.98 Å². The van der Waals surface area contributed by atoms with Gasteiger partial charge in [-0.1, -0.05) is 127 Å². The van der Waals surface area contributed by atoms with E-state index in [1.807, 2.05) is 97.1 Å². The van der Waals surface area contributed by atoms with Crippen molar-refractivity contribution in [2.24, 2.45) is 0 Å². The Labute approximate surface area is 248 Å². The number of hydrogen-bond acceptors (Lipinski definition) is 5. The smallest absolute Gasteiger partial charge is 0.231 e. The molecule has 0 spiro atoms. The standard InChI is InChI=1S/C38H24N4O/c1-4-13-25(14-5-1)31-24-32(26-15-6-2-7-16-26)40-37(39-31)29-20-12-19-28(23-29)35-34-30-21-10-11-22-33(30)43-38(34)42-36(41-35)27-17-8-3-9-18-27/h1-24H. The number of nitrogens with zero attached hydrogens (tertiary/aromatic N) is 4. The van der Waals surface area contributed by atoms with Crippen LogP contribution in [0, 0.1) is 0 Å². The number of furan rings is 1. The fourth-order valence-electron chi connectivity index (χ4n) is 5.44. The van der Waals surface area contributed by atoms with Gasteiger partial charge in [-0.3, -0.25) is 0 Å². The Hall–Kier alpha value is -5.94. The van der Waals surface area contributed by atoms with Crippen LogP contribution in [0.4, 0.5) is 0 Å². The van der Waals surface area contributed by atoms with E-state index in [0.717, 1.165) is 61.3 Å². The summed E-state index contributed by atoms with van der Waals surface area (Å²) in [6.45, 7) is 0. The minimum Gasteiger partial charge on any atom is -0.438 e. The molecule has 0 radical (unpaired) electrons. The SMILES string of the molecule is c1ccc(-c2cc(-c3ccccc3)nc(-c3cccc(-c4nc(-c5ccccc5)nc5oc6ccccc6c45)c3)n2)cc1. The zero-order valence-corrected chi connectivity index (χ0v) is 23.1. The average molecular weight is 553 g/mol. The highest BCUT2D eigenvalue weighted by molar-refractivity contribution is 6.10. The number of hydrogen-bond donors (Lipinski definition) is 0. The van der Waals surface area contributed by atoms with E-state index >= 15 is 0 Å². The third kappa shape index (κ3) is 4.63. The molecular formula is C38H24N4O. The lowest BCUT2D eigenvalue weighted by Crippen LogP contribution is -1.97. The maximum atomic E-state index is 6.25. The molecule has 0 bridgehead atoms. The second-order valence-corrected chi connectivity index (χ2v) is 10.3. The van der Waals surface area contributed by atoms with Crippen molar-refractivity contribution >= 4 is 22.1 Å². The Kier molecular flexibility index (Phi) is 6.05. The summed E-state index contributed by atoms with van der Waals surface area (Å²) < 4.78 is 6.25. The minimum atomic E-state index is 0.559. The van der Waals surface area contributed by atoms with Crippen molar-refractivity contribution in [2.75, 3.05) is 0 Å². The third-order valence-electron chi connectivity index (χ3n) is 7.53. The first-order valence-corrected chi connectivity index (χ1v) is 14.2. The molecule has 43 heavy (non-hydrogen) atoms. The van der Waals surface area contributed by atoms with Crippen molar-refractivity contribution < 1.29 is 4.42 Å². The van der Waals surface area contributed by atoms with E-state index in [4.69, 9.17) is 24.4 Å². The Bertz CT molecular complexity index is 2170. The van der Waals surface area contributed by atoms with Crippen molar-refractivity contribution in [2.45, 2.75) is 0 Å². The fraction of sp³-hybridized carbons (Fsp3) is 0. The van der Waals surface area contributed by atoms with Crippen LogP contribution in [-0.2, 0) is 0 Å². The largest absolute Gasteiger partial charge is 0.438 e. The monoisotopic (exact) mass is 552 g/mol. The van der Waals surface area contributed by atoms with Gasteiger partial charge in [0, 0.05) is 33.2 Å². The van der Waals surface area contributed by atoms with Crippen LogP contribution in [0.5, 0.6) is 0 Å². The lowest BCUT2D eigenvalue weighted by atomic mass is 10.0. The molecular weight excluding hydrogens is 528 g/mol. The molecule has 0 fully saturated rings. The van der Waals surface area contributed by atoms with E-state index < -0.39 is 0 Å². The van der Waals surface area contributed by atoms with Crippen molar-refractivity contribution in [3.8, 4) is 56.5 Å². The van der Waals surface area contributed by atoms with Crippen LogP contribution in [0.3, 0.4) is 0 Å². The van der Waals surface area contributed by atoms with Gasteiger partial charge in [0.2, 0.25) is 5.71 Å². The summed E-state index contributed by atoms with van der Waals surface area (Å²) >= 11 is 0. The third-order valence-corrected chi connectivity index (χ3v) is 7.53. The molecule has 5 nitrogen and oxygen atoms in total. The van der Waals surface area contributed by atoms with Gasteiger partial charge in [-0.05, 0) is 18.2 Å². The second kappa shape index (κ2) is 10.5. The molecule has 0 saturated carbocycles. The van der Waals surface area contributed by atoms with Crippen molar-refractivity contribution in [1.29, 1.82) is 0 Å².